The molecule has 0 amide bonds. The van der Waals surface area contributed by atoms with Gasteiger partial charge in [-0.15, -0.1) is 11.3 Å². The molecule has 0 spiro atoms. The van der Waals surface area contributed by atoms with Crippen LogP contribution in [-0.4, -0.2) is 10.4 Å². The number of nitrogens with zero attached hydrogens (tertiary/aromatic N) is 1. The van der Waals surface area contributed by atoms with Crippen molar-refractivity contribution in [1.29, 1.82) is 0 Å². The van der Waals surface area contributed by atoms with Gasteiger partial charge >= 0.3 is 0 Å². The van der Waals surface area contributed by atoms with Gasteiger partial charge in [0.1, 0.15) is 0 Å². The highest BCUT2D eigenvalue weighted by Gasteiger charge is 2.09. The van der Waals surface area contributed by atoms with Crippen LogP contribution in [0.3, 0.4) is 0 Å². The van der Waals surface area contributed by atoms with E-state index < -0.39 is 0 Å². The number of pyridine rings is 1. The van der Waals surface area contributed by atoms with Crippen LogP contribution < -0.4 is 5.56 Å². The Bertz CT molecular complexity index is 845. The zero-order valence-electron chi connectivity index (χ0n) is 11.0. The summed E-state index contributed by atoms with van der Waals surface area (Å²) < 4.78 is 2.62. The molecule has 3 rings (SSSR count). The average molecular weight is 283 g/mol. The number of hydrogen-bond donors (Lipinski definition) is 0. The van der Waals surface area contributed by atoms with Crippen molar-refractivity contribution in [1.82, 2.24) is 4.57 Å². The number of carbonyl (C=O) groups is 1. The Balaban J connectivity index is 1.92. The monoisotopic (exact) mass is 283 g/mol. The van der Waals surface area contributed by atoms with E-state index >= 15 is 0 Å². The highest BCUT2D eigenvalue weighted by Crippen LogP contribution is 2.22. The SMILES string of the molecule is Cc1cccn(CC(=O)c2ccc3sccc3c2)c1=O. The topological polar surface area (TPSA) is 39.1 Å². The van der Waals surface area contributed by atoms with E-state index in [-0.39, 0.29) is 17.9 Å². The molecule has 20 heavy (non-hydrogen) atoms. The first-order valence-electron chi connectivity index (χ1n) is 6.32. The highest BCUT2D eigenvalue weighted by molar-refractivity contribution is 7.17. The first-order chi connectivity index (χ1) is 9.65. The third-order valence-electron chi connectivity index (χ3n) is 3.30. The molecular formula is C16H13NO2S. The maximum Gasteiger partial charge on any atom is 0.253 e. The summed E-state index contributed by atoms with van der Waals surface area (Å²) in [5.41, 5.74) is 1.18. The third-order valence-corrected chi connectivity index (χ3v) is 4.20. The zero-order chi connectivity index (χ0) is 14.1. The van der Waals surface area contributed by atoms with E-state index in [2.05, 4.69) is 0 Å². The van der Waals surface area contributed by atoms with Gasteiger partial charge in [0.05, 0.1) is 6.54 Å². The van der Waals surface area contributed by atoms with Gasteiger partial charge in [-0.05, 0) is 48.0 Å². The highest BCUT2D eigenvalue weighted by atomic mass is 32.1. The van der Waals surface area contributed by atoms with Crippen molar-refractivity contribution >= 4 is 27.2 Å². The van der Waals surface area contributed by atoms with E-state index in [0.717, 1.165) is 10.1 Å². The second kappa shape index (κ2) is 5.06. The minimum Gasteiger partial charge on any atom is -0.308 e. The Morgan fingerprint density at radius 1 is 1.25 bits per heavy atom. The van der Waals surface area contributed by atoms with Gasteiger partial charge in [0, 0.05) is 22.0 Å². The van der Waals surface area contributed by atoms with Crippen LogP contribution in [0.4, 0.5) is 0 Å². The van der Waals surface area contributed by atoms with Crippen LogP contribution in [0.15, 0.2) is 52.8 Å². The van der Waals surface area contributed by atoms with Crippen LogP contribution in [-0.2, 0) is 6.54 Å². The number of benzene rings is 1. The van der Waals surface area contributed by atoms with Crippen LogP contribution in [0.1, 0.15) is 15.9 Å². The van der Waals surface area contributed by atoms with E-state index in [9.17, 15) is 9.59 Å². The van der Waals surface area contributed by atoms with Gasteiger partial charge in [-0.1, -0.05) is 6.07 Å². The van der Waals surface area contributed by atoms with Gasteiger partial charge < -0.3 is 4.57 Å². The summed E-state index contributed by atoms with van der Waals surface area (Å²) >= 11 is 1.65. The van der Waals surface area contributed by atoms with Gasteiger partial charge in [-0.3, -0.25) is 9.59 Å². The number of carbonyl (C=O) groups excluding carboxylic acids is 1. The quantitative estimate of drug-likeness (QED) is 0.692. The Hall–Kier alpha value is -2.20. The van der Waals surface area contributed by atoms with Gasteiger partial charge in [0.15, 0.2) is 5.78 Å². The number of hydrogen-bond acceptors (Lipinski definition) is 3. The number of Topliss-reactive ketones (excluding diaryl/α,β-unsaturated/α-hetero) is 1. The minimum atomic E-state index is -0.113. The minimum absolute atomic E-state index is 0.0502. The summed E-state index contributed by atoms with van der Waals surface area (Å²) in [5, 5.41) is 3.07. The molecule has 0 aliphatic heterocycles. The van der Waals surface area contributed by atoms with Crippen LogP contribution >= 0.6 is 11.3 Å². The fourth-order valence-corrected chi connectivity index (χ4v) is 2.94. The number of rotatable bonds is 3. The van der Waals surface area contributed by atoms with Crippen molar-refractivity contribution in [2.75, 3.05) is 0 Å². The standard InChI is InChI=1S/C16H13NO2S/c1-11-3-2-7-17(16(11)19)10-14(18)12-4-5-15-13(9-12)6-8-20-15/h2-9H,10H2,1H3. The summed E-state index contributed by atoms with van der Waals surface area (Å²) in [6, 6.07) is 11.2. The fraction of sp³-hybridized carbons (Fsp3) is 0.125. The van der Waals surface area contributed by atoms with Crippen LogP contribution in [0.25, 0.3) is 10.1 Å². The van der Waals surface area contributed by atoms with Gasteiger partial charge in [-0.25, -0.2) is 0 Å². The van der Waals surface area contributed by atoms with Crippen molar-refractivity contribution in [3.8, 4) is 0 Å². The molecule has 3 nitrogen and oxygen atoms in total. The van der Waals surface area contributed by atoms with E-state index in [1.54, 1.807) is 36.6 Å². The Labute approximate surface area is 120 Å². The predicted octanol–water partition coefficient (Wildman–Crippen LogP) is 3.25. The lowest BCUT2D eigenvalue weighted by atomic mass is 10.1. The predicted molar refractivity (Wildman–Crippen MR) is 81.6 cm³/mol. The van der Waals surface area contributed by atoms with Crippen LogP contribution in [0.5, 0.6) is 0 Å². The maximum absolute atomic E-state index is 12.3. The molecule has 0 radical (unpaired) electrons. The van der Waals surface area contributed by atoms with E-state index in [1.807, 2.05) is 29.6 Å². The summed E-state index contributed by atoms with van der Waals surface area (Å²) in [6.45, 7) is 1.83. The normalized spacial score (nSPS) is 10.8. The first-order valence-corrected chi connectivity index (χ1v) is 7.19. The molecule has 2 aromatic heterocycles. The number of ketones is 1. The van der Waals surface area contributed by atoms with Crippen molar-refractivity contribution in [2.24, 2.45) is 0 Å². The number of fused-ring (bicyclic) bond motifs is 1. The lowest BCUT2D eigenvalue weighted by molar-refractivity contribution is 0.0971. The van der Waals surface area contributed by atoms with E-state index in [4.69, 9.17) is 0 Å². The van der Waals surface area contributed by atoms with Crippen LogP contribution in [0, 0.1) is 6.92 Å². The summed E-state index contributed by atoms with van der Waals surface area (Å²) in [4.78, 5) is 24.2. The number of aromatic nitrogens is 1. The molecule has 0 fully saturated rings. The number of thiophene rings is 1. The average Bonchev–Trinajstić information content (AvgIpc) is 2.91. The molecular weight excluding hydrogens is 270 g/mol. The second-order valence-electron chi connectivity index (χ2n) is 4.72. The number of aryl methyl sites for hydroxylation is 1. The molecule has 100 valence electrons. The largest absolute Gasteiger partial charge is 0.308 e. The molecule has 0 saturated carbocycles. The molecule has 0 aliphatic carbocycles. The summed E-state index contributed by atoms with van der Waals surface area (Å²) in [5.74, 6) is -0.0502. The summed E-state index contributed by atoms with van der Waals surface area (Å²) in [6.07, 6.45) is 1.65. The molecule has 0 saturated heterocycles. The first kappa shape index (κ1) is 12.8. The van der Waals surface area contributed by atoms with Crippen molar-refractivity contribution in [3.63, 3.8) is 0 Å². The molecule has 0 aliphatic rings. The summed E-state index contributed by atoms with van der Waals surface area (Å²) in [7, 11) is 0. The molecule has 0 atom stereocenters. The molecule has 1 aromatic carbocycles. The lowest BCUT2D eigenvalue weighted by Crippen LogP contribution is -2.25. The van der Waals surface area contributed by atoms with E-state index in [1.165, 1.54) is 4.57 Å². The Morgan fingerprint density at radius 3 is 2.95 bits per heavy atom. The Morgan fingerprint density at radius 2 is 2.10 bits per heavy atom. The molecule has 2 heterocycles. The molecule has 0 unspecified atom stereocenters. The van der Waals surface area contributed by atoms with Gasteiger partial charge in [0.25, 0.3) is 5.56 Å². The lowest BCUT2D eigenvalue weighted by Gasteiger charge is -2.06. The molecule has 0 N–H and O–H groups in total. The van der Waals surface area contributed by atoms with Crippen molar-refractivity contribution < 1.29 is 4.79 Å². The van der Waals surface area contributed by atoms with Gasteiger partial charge in [0.2, 0.25) is 0 Å². The Kier molecular flexibility index (Phi) is 3.24. The molecule has 4 heteroatoms. The third kappa shape index (κ3) is 2.30. The van der Waals surface area contributed by atoms with Crippen molar-refractivity contribution in [3.05, 3.63) is 69.5 Å². The second-order valence-corrected chi connectivity index (χ2v) is 5.67. The molecule has 3 aromatic rings. The fourth-order valence-electron chi connectivity index (χ4n) is 2.17. The smallest absolute Gasteiger partial charge is 0.253 e. The van der Waals surface area contributed by atoms with Gasteiger partial charge in [-0.2, -0.15) is 0 Å². The zero-order valence-corrected chi connectivity index (χ0v) is 11.8. The molecule has 0 bridgehead atoms. The maximum atomic E-state index is 12.3. The van der Waals surface area contributed by atoms with Crippen LogP contribution in [0.2, 0.25) is 0 Å². The van der Waals surface area contributed by atoms with Crippen molar-refractivity contribution in [2.45, 2.75) is 13.5 Å². The van der Waals surface area contributed by atoms with E-state index in [0.29, 0.717) is 11.1 Å².